The molecule has 0 atom stereocenters. The quantitative estimate of drug-likeness (QED) is 0.780. The molecule has 4 nitrogen and oxygen atoms in total. The highest BCUT2D eigenvalue weighted by Gasteiger charge is 2.17. The lowest BCUT2D eigenvalue weighted by atomic mass is 9.95. The lowest BCUT2D eigenvalue weighted by molar-refractivity contribution is 0.0963. The highest BCUT2D eigenvalue weighted by Crippen LogP contribution is 2.31. The Labute approximate surface area is 117 Å². The number of nitrogens with one attached hydrogen (secondary N) is 3. The summed E-state index contributed by atoms with van der Waals surface area (Å²) in [7, 11) is 1.63. The summed E-state index contributed by atoms with van der Waals surface area (Å²) in [4.78, 5) is 14.7. The summed E-state index contributed by atoms with van der Waals surface area (Å²) in [6, 6.07) is 9.57. The topological polar surface area (TPSA) is 56.9 Å². The fraction of sp³-hybridized carbons (Fsp3) is 0.0625. The largest absolute Gasteiger partial charge is 0.360 e. The number of benzene rings is 1. The van der Waals surface area contributed by atoms with Crippen molar-refractivity contribution in [2.24, 2.45) is 0 Å². The summed E-state index contributed by atoms with van der Waals surface area (Å²) in [5, 5.41) is 5.77. The standard InChI is InChI=1S/C16H15N3O/c1-10-15-13(7-8-18-15)14(9-19-10)11-3-5-12(6-4-11)16(20)17-2/h3-9,18-19H,1H2,2H3,(H,17,20). The van der Waals surface area contributed by atoms with E-state index < -0.39 is 0 Å². The fourth-order valence-electron chi connectivity index (χ4n) is 2.34. The molecule has 20 heavy (non-hydrogen) atoms. The van der Waals surface area contributed by atoms with Gasteiger partial charge in [0.1, 0.15) is 0 Å². The first kappa shape index (κ1) is 12.3. The third-order valence-corrected chi connectivity index (χ3v) is 3.41. The summed E-state index contributed by atoms with van der Waals surface area (Å²) < 4.78 is 0. The van der Waals surface area contributed by atoms with Crippen LogP contribution in [0.25, 0.3) is 11.3 Å². The zero-order valence-corrected chi connectivity index (χ0v) is 11.2. The molecule has 2 heterocycles. The van der Waals surface area contributed by atoms with Crippen LogP contribution in [-0.2, 0) is 0 Å². The van der Waals surface area contributed by atoms with Gasteiger partial charge in [-0.25, -0.2) is 0 Å². The number of aromatic amines is 1. The smallest absolute Gasteiger partial charge is 0.251 e. The van der Waals surface area contributed by atoms with E-state index in [1.165, 1.54) is 0 Å². The molecule has 0 saturated heterocycles. The van der Waals surface area contributed by atoms with E-state index in [2.05, 4.69) is 22.2 Å². The van der Waals surface area contributed by atoms with Gasteiger partial charge in [0.25, 0.3) is 5.91 Å². The Kier molecular flexibility index (Phi) is 2.91. The highest BCUT2D eigenvalue weighted by molar-refractivity contribution is 5.95. The van der Waals surface area contributed by atoms with Gasteiger partial charge < -0.3 is 15.6 Å². The average molecular weight is 265 g/mol. The summed E-state index contributed by atoms with van der Waals surface area (Å²) in [6.45, 7) is 3.96. The summed E-state index contributed by atoms with van der Waals surface area (Å²) >= 11 is 0. The predicted octanol–water partition coefficient (Wildman–Crippen LogP) is 2.34. The van der Waals surface area contributed by atoms with E-state index in [-0.39, 0.29) is 5.91 Å². The van der Waals surface area contributed by atoms with Crippen LogP contribution >= 0.6 is 0 Å². The molecule has 1 aliphatic rings. The van der Waals surface area contributed by atoms with Crippen LogP contribution in [0.3, 0.4) is 0 Å². The van der Waals surface area contributed by atoms with Gasteiger partial charge in [-0.3, -0.25) is 4.79 Å². The van der Waals surface area contributed by atoms with Crippen LogP contribution in [0.5, 0.6) is 0 Å². The van der Waals surface area contributed by atoms with Crippen molar-refractivity contribution in [3.05, 3.63) is 71.7 Å². The molecule has 3 N–H and O–H groups in total. The van der Waals surface area contributed by atoms with E-state index in [0.717, 1.165) is 28.1 Å². The number of amides is 1. The monoisotopic (exact) mass is 265 g/mol. The number of hydrogen-bond donors (Lipinski definition) is 3. The van der Waals surface area contributed by atoms with E-state index in [1.807, 2.05) is 42.7 Å². The zero-order chi connectivity index (χ0) is 14.1. The molecule has 1 aromatic heterocycles. The van der Waals surface area contributed by atoms with Crippen LogP contribution < -0.4 is 10.6 Å². The number of rotatable bonds is 2. The molecule has 0 spiro atoms. The van der Waals surface area contributed by atoms with Gasteiger partial charge in [0.2, 0.25) is 0 Å². The Balaban J connectivity index is 1.99. The van der Waals surface area contributed by atoms with E-state index in [4.69, 9.17) is 0 Å². The first-order chi connectivity index (χ1) is 9.70. The van der Waals surface area contributed by atoms with E-state index >= 15 is 0 Å². The summed E-state index contributed by atoms with van der Waals surface area (Å²) in [5.74, 6) is -0.0805. The predicted molar refractivity (Wildman–Crippen MR) is 79.9 cm³/mol. The van der Waals surface area contributed by atoms with Gasteiger partial charge >= 0.3 is 0 Å². The fourth-order valence-corrected chi connectivity index (χ4v) is 2.34. The maximum atomic E-state index is 11.5. The summed E-state index contributed by atoms with van der Waals surface area (Å²) in [6.07, 6.45) is 3.84. The lowest BCUT2D eigenvalue weighted by Crippen LogP contribution is -2.17. The maximum absolute atomic E-state index is 11.5. The molecule has 100 valence electrons. The van der Waals surface area contributed by atoms with Gasteiger partial charge in [0.15, 0.2) is 0 Å². The first-order valence-electron chi connectivity index (χ1n) is 6.37. The zero-order valence-electron chi connectivity index (χ0n) is 11.2. The van der Waals surface area contributed by atoms with Crippen molar-refractivity contribution in [2.75, 3.05) is 7.05 Å². The van der Waals surface area contributed by atoms with Crippen molar-refractivity contribution in [1.29, 1.82) is 0 Å². The number of carbonyl (C=O) groups excluding carboxylic acids is 1. The molecule has 1 amide bonds. The van der Waals surface area contributed by atoms with Crippen molar-refractivity contribution < 1.29 is 4.79 Å². The molecule has 3 rings (SSSR count). The van der Waals surface area contributed by atoms with Crippen molar-refractivity contribution >= 4 is 17.2 Å². The SMILES string of the molecule is C=C1NC=C(c2ccc(C(=O)NC)cc2)c2cc[nH]c21. The Morgan fingerprint density at radius 1 is 1.20 bits per heavy atom. The molecule has 0 saturated carbocycles. The van der Waals surface area contributed by atoms with Crippen LogP contribution in [0.4, 0.5) is 0 Å². The van der Waals surface area contributed by atoms with Crippen molar-refractivity contribution in [1.82, 2.24) is 15.6 Å². The molecule has 0 unspecified atom stereocenters. The molecular formula is C16H15N3O. The Morgan fingerprint density at radius 2 is 1.95 bits per heavy atom. The van der Waals surface area contributed by atoms with E-state index in [9.17, 15) is 4.79 Å². The summed E-state index contributed by atoms with van der Waals surface area (Å²) in [5.41, 5.74) is 5.75. The number of H-pyrrole nitrogens is 1. The van der Waals surface area contributed by atoms with Gasteiger partial charge in [-0.1, -0.05) is 18.7 Å². The number of hydrogen-bond acceptors (Lipinski definition) is 2. The van der Waals surface area contributed by atoms with Crippen LogP contribution in [-0.4, -0.2) is 17.9 Å². The molecule has 1 aromatic carbocycles. The molecular weight excluding hydrogens is 250 g/mol. The van der Waals surface area contributed by atoms with Gasteiger partial charge in [0.05, 0.1) is 11.4 Å². The Hall–Kier alpha value is -2.75. The molecule has 0 fully saturated rings. The third kappa shape index (κ3) is 1.91. The average Bonchev–Trinajstić information content (AvgIpc) is 2.97. The second-order valence-electron chi connectivity index (χ2n) is 4.60. The molecule has 0 bridgehead atoms. The molecule has 0 aliphatic carbocycles. The van der Waals surface area contributed by atoms with Crippen molar-refractivity contribution in [3.63, 3.8) is 0 Å². The number of fused-ring (bicyclic) bond motifs is 1. The van der Waals surface area contributed by atoms with E-state index in [0.29, 0.717) is 5.56 Å². The minimum absolute atomic E-state index is 0.0805. The molecule has 2 aromatic rings. The Bertz CT molecular complexity index is 708. The van der Waals surface area contributed by atoms with Gasteiger partial charge in [-0.2, -0.15) is 0 Å². The number of carbonyl (C=O) groups is 1. The van der Waals surface area contributed by atoms with Crippen molar-refractivity contribution in [3.8, 4) is 0 Å². The van der Waals surface area contributed by atoms with Gasteiger partial charge in [-0.15, -0.1) is 0 Å². The van der Waals surface area contributed by atoms with E-state index in [1.54, 1.807) is 7.05 Å². The molecule has 1 aliphatic heterocycles. The maximum Gasteiger partial charge on any atom is 0.251 e. The van der Waals surface area contributed by atoms with Crippen molar-refractivity contribution in [2.45, 2.75) is 0 Å². The Morgan fingerprint density at radius 3 is 2.65 bits per heavy atom. The van der Waals surface area contributed by atoms with Crippen LogP contribution in [0.1, 0.15) is 27.2 Å². The van der Waals surface area contributed by atoms with Gasteiger partial charge in [0, 0.05) is 36.1 Å². The minimum atomic E-state index is -0.0805. The number of aromatic nitrogens is 1. The first-order valence-corrected chi connectivity index (χ1v) is 6.37. The van der Waals surface area contributed by atoms with Gasteiger partial charge in [-0.05, 0) is 23.8 Å². The molecule has 4 heteroatoms. The third-order valence-electron chi connectivity index (χ3n) is 3.41. The minimum Gasteiger partial charge on any atom is -0.360 e. The molecule has 0 radical (unpaired) electrons. The van der Waals surface area contributed by atoms with Crippen LogP contribution in [0.2, 0.25) is 0 Å². The van der Waals surface area contributed by atoms with Crippen LogP contribution in [0, 0.1) is 0 Å². The second-order valence-corrected chi connectivity index (χ2v) is 4.60. The lowest BCUT2D eigenvalue weighted by Gasteiger charge is -2.17. The highest BCUT2D eigenvalue weighted by atomic mass is 16.1. The normalized spacial score (nSPS) is 13.2. The van der Waals surface area contributed by atoms with Crippen LogP contribution in [0.15, 0.2) is 49.3 Å². The second kappa shape index (κ2) is 4.74.